The smallest absolute Gasteiger partial charge is 0.262 e. The highest BCUT2D eigenvalue weighted by Gasteiger charge is 2.37. The second-order valence-corrected chi connectivity index (χ2v) is 7.20. The van der Waals surface area contributed by atoms with E-state index in [0.29, 0.717) is 0 Å². The van der Waals surface area contributed by atoms with Gasteiger partial charge < -0.3 is 0 Å². The molecule has 0 saturated heterocycles. The van der Waals surface area contributed by atoms with Crippen molar-refractivity contribution < 1.29 is 19.2 Å². The first-order valence-electron chi connectivity index (χ1n) is 8.32. The molecule has 0 unspecified atom stereocenters. The monoisotopic (exact) mass is 397 g/mol. The van der Waals surface area contributed by atoms with Crippen LogP contribution in [0.5, 0.6) is 0 Å². The molecule has 1 aromatic carbocycles. The fourth-order valence-corrected chi connectivity index (χ4v) is 3.54. The Morgan fingerprint density at radius 1 is 0.962 bits per heavy atom. The molecule has 1 fully saturated rings. The third-order valence-corrected chi connectivity index (χ3v) is 5.34. The van der Waals surface area contributed by atoms with Crippen molar-refractivity contribution in [2.24, 2.45) is 5.92 Å². The Kier molecular flexibility index (Phi) is 5.48. The SMILES string of the molecule is O=C(CN1C(=O)c2cc(Cl)c(Cl)cc2C1=O)NNC(=O)C1CCCCC1. The molecule has 4 amide bonds. The second kappa shape index (κ2) is 7.63. The number of nitrogens with zero attached hydrogens (tertiary/aromatic N) is 1. The van der Waals surface area contributed by atoms with Crippen LogP contribution in [0.1, 0.15) is 52.8 Å². The zero-order chi connectivity index (χ0) is 18.8. The minimum absolute atomic E-state index is 0.100. The molecule has 0 atom stereocenters. The molecular formula is C17H17Cl2N3O4. The topological polar surface area (TPSA) is 95.6 Å². The predicted molar refractivity (Wildman–Crippen MR) is 94.7 cm³/mol. The largest absolute Gasteiger partial charge is 0.273 e. The molecule has 0 spiro atoms. The normalized spacial score (nSPS) is 17.2. The molecule has 1 aliphatic carbocycles. The van der Waals surface area contributed by atoms with Crippen LogP contribution in [-0.4, -0.2) is 35.1 Å². The minimum atomic E-state index is -0.666. The molecule has 0 radical (unpaired) electrons. The summed E-state index contributed by atoms with van der Waals surface area (Å²) in [5.41, 5.74) is 4.83. The van der Waals surface area contributed by atoms with E-state index in [1.807, 2.05) is 0 Å². The van der Waals surface area contributed by atoms with E-state index in [4.69, 9.17) is 23.2 Å². The van der Waals surface area contributed by atoms with Crippen LogP contribution in [-0.2, 0) is 9.59 Å². The molecule has 3 rings (SSSR count). The number of carbonyl (C=O) groups is 4. The number of halogens is 2. The Bertz CT molecular complexity index is 749. The standard InChI is InChI=1S/C17H17Cl2N3O4/c18-12-6-10-11(7-13(12)19)17(26)22(16(10)25)8-14(23)20-21-15(24)9-4-2-1-3-5-9/h6-7,9H,1-5,8H2,(H,20,23)(H,21,24). The quantitative estimate of drug-likeness (QED) is 0.604. The van der Waals surface area contributed by atoms with Crippen LogP contribution in [0.15, 0.2) is 12.1 Å². The zero-order valence-electron chi connectivity index (χ0n) is 13.8. The fourth-order valence-electron chi connectivity index (χ4n) is 3.21. The van der Waals surface area contributed by atoms with Gasteiger partial charge in [0.15, 0.2) is 0 Å². The second-order valence-electron chi connectivity index (χ2n) is 6.38. The van der Waals surface area contributed by atoms with Crippen LogP contribution in [0.3, 0.4) is 0 Å². The number of amides is 4. The molecule has 1 aliphatic heterocycles. The number of hydrazine groups is 1. The maximum Gasteiger partial charge on any atom is 0.262 e. The van der Waals surface area contributed by atoms with Crippen molar-refractivity contribution in [3.8, 4) is 0 Å². The lowest BCUT2D eigenvalue weighted by Crippen LogP contribution is -2.49. The summed E-state index contributed by atoms with van der Waals surface area (Å²) in [6.07, 6.45) is 4.69. The van der Waals surface area contributed by atoms with Gasteiger partial charge in [-0.1, -0.05) is 42.5 Å². The predicted octanol–water partition coefficient (Wildman–Crippen LogP) is 2.32. The highest BCUT2D eigenvalue weighted by atomic mass is 35.5. The number of fused-ring (bicyclic) bond motifs is 1. The maximum atomic E-state index is 12.3. The molecule has 9 heteroatoms. The first-order valence-corrected chi connectivity index (χ1v) is 9.08. The van der Waals surface area contributed by atoms with Crippen LogP contribution in [0.25, 0.3) is 0 Å². The zero-order valence-corrected chi connectivity index (χ0v) is 15.3. The van der Waals surface area contributed by atoms with E-state index in [0.717, 1.165) is 37.0 Å². The van der Waals surface area contributed by atoms with Crippen molar-refractivity contribution in [2.75, 3.05) is 6.54 Å². The molecule has 26 heavy (non-hydrogen) atoms. The van der Waals surface area contributed by atoms with E-state index in [1.54, 1.807) is 0 Å². The Labute approximate surface area is 160 Å². The molecular weight excluding hydrogens is 381 g/mol. The number of imide groups is 1. The molecule has 138 valence electrons. The number of hydrogen-bond donors (Lipinski definition) is 2. The summed E-state index contributed by atoms with van der Waals surface area (Å²) in [6, 6.07) is 2.62. The van der Waals surface area contributed by atoms with E-state index in [-0.39, 0.29) is 33.0 Å². The van der Waals surface area contributed by atoms with Crippen LogP contribution in [0.4, 0.5) is 0 Å². The Hall–Kier alpha value is -2.12. The van der Waals surface area contributed by atoms with Gasteiger partial charge in [0, 0.05) is 5.92 Å². The Morgan fingerprint density at radius 3 is 2.04 bits per heavy atom. The van der Waals surface area contributed by atoms with E-state index >= 15 is 0 Å². The summed E-state index contributed by atoms with van der Waals surface area (Å²) in [7, 11) is 0. The average Bonchev–Trinajstić information content (AvgIpc) is 2.85. The van der Waals surface area contributed by atoms with Crippen LogP contribution in [0, 0.1) is 5.92 Å². The van der Waals surface area contributed by atoms with Gasteiger partial charge in [0.05, 0.1) is 21.2 Å². The molecule has 1 heterocycles. The summed E-state index contributed by atoms with van der Waals surface area (Å²) in [5.74, 6) is -2.29. The van der Waals surface area contributed by atoms with Gasteiger partial charge in [-0.25, -0.2) is 0 Å². The van der Waals surface area contributed by atoms with Gasteiger partial charge >= 0.3 is 0 Å². The molecule has 1 aromatic rings. The average molecular weight is 398 g/mol. The summed E-state index contributed by atoms with van der Waals surface area (Å²) in [5, 5.41) is 0.301. The van der Waals surface area contributed by atoms with Crippen LogP contribution in [0.2, 0.25) is 10.0 Å². The fraction of sp³-hybridized carbons (Fsp3) is 0.412. The molecule has 1 saturated carbocycles. The van der Waals surface area contributed by atoms with E-state index in [2.05, 4.69) is 10.9 Å². The summed E-state index contributed by atoms with van der Waals surface area (Å²) in [6.45, 7) is -0.507. The van der Waals surface area contributed by atoms with Crippen molar-refractivity contribution in [1.29, 1.82) is 0 Å². The van der Waals surface area contributed by atoms with Crippen LogP contribution >= 0.6 is 23.2 Å². The van der Waals surface area contributed by atoms with Gasteiger partial charge in [-0.05, 0) is 25.0 Å². The third-order valence-electron chi connectivity index (χ3n) is 4.61. The van der Waals surface area contributed by atoms with Crippen molar-refractivity contribution in [1.82, 2.24) is 15.8 Å². The van der Waals surface area contributed by atoms with Crippen molar-refractivity contribution >= 4 is 46.8 Å². The third kappa shape index (κ3) is 3.68. The van der Waals surface area contributed by atoms with Gasteiger partial charge in [0.2, 0.25) is 5.91 Å². The molecule has 0 bridgehead atoms. The lowest BCUT2D eigenvalue weighted by Gasteiger charge is -2.21. The number of benzene rings is 1. The van der Waals surface area contributed by atoms with Crippen molar-refractivity contribution in [2.45, 2.75) is 32.1 Å². The van der Waals surface area contributed by atoms with E-state index in [9.17, 15) is 19.2 Å². The molecule has 0 aromatic heterocycles. The first kappa shape index (κ1) is 18.7. The van der Waals surface area contributed by atoms with Gasteiger partial charge in [-0.2, -0.15) is 0 Å². The van der Waals surface area contributed by atoms with Crippen molar-refractivity contribution in [3.63, 3.8) is 0 Å². The molecule has 2 N–H and O–H groups in total. The first-order chi connectivity index (χ1) is 12.4. The number of rotatable bonds is 3. The highest BCUT2D eigenvalue weighted by Crippen LogP contribution is 2.31. The molecule has 7 nitrogen and oxygen atoms in total. The van der Waals surface area contributed by atoms with Gasteiger partial charge in [0.1, 0.15) is 6.54 Å². The summed E-state index contributed by atoms with van der Waals surface area (Å²) in [4.78, 5) is 49.5. The van der Waals surface area contributed by atoms with E-state index < -0.39 is 24.3 Å². The number of nitrogens with one attached hydrogen (secondary N) is 2. The van der Waals surface area contributed by atoms with Gasteiger partial charge in [-0.15, -0.1) is 0 Å². The minimum Gasteiger partial charge on any atom is -0.273 e. The Morgan fingerprint density at radius 2 is 1.50 bits per heavy atom. The van der Waals surface area contributed by atoms with Crippen LogP contribution < -0.4 is 10.9 Å². The lowest BCUT2D eigenvalue weighted by molar-refractivity contribution is -0.131. The maximum absolute atomic E-state index is 12.3. The Balaban J connectivity index is 1.59. The number of hydrogen-bond acceptors (Lipinski definition) is 4. The van der Waals surface area contributed by atoms with E-state index in [1.165, 1.54) is 12.1 Å². The highest BCUT2D eigenvalue weighted by molar-refractivity contribution is 6.43. The number of carbonyl (C=O) groups excluding carboxylic acids is 4. The summed E-state index contributed by atoms with van der Waals surface area (Å²) < 4.78 is 0. The van der Waals surface area contributed by atoms with Gasteiger partial charge in [-0.3, -0.25) is 34.9 Å². The van der Waals surface area contributed by atoms with Gasteiger partial charge in [0.25, 0.3) is 17.7 Å². The lowest BCUT2D eigenvalue weighted by atomic mass is 9.89. The van der Waals surface area contributed by atoms with Crippen molar-refractivity contribution in [3.05, 3.63) is 33.3 Å². The molecule has 2 aliphatic rings. The summed E-state index contributed by atoms with van der Waals surface area (Å²) >= 11 is 11.8.